The van der Waals surface area contributed by atoms with Crippen molar-refractivity contribution in [3.05, 3.63) is 30.1 Å². The van der Waals surface area contributed by atoms with Gasteiger partial charge < -0.3 is 9.64 Å². The van der Waals surface area contributed by atoms with Gasteiger partial charge in [-0.2, -0.15) is 0 Å². The van der Waals surface area contributed by atoms with Gasteiger partial charge in [0.25, 0.3) is 0 Å². The van der Waals surface area contributed by atoms with Crippen LogP contribution in [0.25, 0.3) is 0 Å². The first-order chi connectivity index (χ1) is 7.74. The number of pyridine rings is 1. The van der Waals surface area contributed by atoms with Gasteiger partial charge in [0.05, 0.1) is 0 Å². The van der Waals surface area contributed by atoms with Crippen LogP contribution in [0.5, 0.6) is 0 Å². The van der Waals surface area contributed by atoms with Crippen molar-refractivity contribution in [1.29, 1.82) is 0 Å². The lowest BCUT2D eigenvalue weighted by Gasteiger charge is -2.20. The zero-order valence-electron chi connectivity index (χ0n) is 9.85. The van der Waals surface area contributed by atoms with E-state index in [0.29, 0.717) is 13.2 Å². The molecule has 0 atom stereocenters. The zero-order valence-corrected chi connectivity index (χ0v) is 9.85. The maximum absolute atomic E-state index is 11.4. The van der Waals surface area contributed by atoms with Gasteiger partial charge >= 0.3 is 0 Å². The number of methoxy groups -OCH3 is 1. The summed E-state index contributed by atoms with van der Waals surface area (Å²) in [5.41, 5.74) is 1.10. The minimum absolute atomic E-state index is 0.0907. The normalized spacial score (nSPS) is 10.1. The molecule has 0 fully saturated rings. The predicted octanol–water partition coefficient (Wildman–Crippen LogP) is 1.47. The van der Waals surface area contributed by atoms with Crippen LogP contribution in [0.2, 0.25) is 0 Å². The first-order valence-corrected chi connectivity index (χ1v) is 5.37. The molecule has 0 radical (unpaired) electrons. The van der Waals surface area contributed by atoms with Crippen molar-refractivity contribution in [3.63, 3.8) is 0 Å². The van der Waals surface area contributed by atoms with E-state index in [1.807, 2.05) is 17.0 Å². The second-order valence-electron chi connectivity index (χ2n) is 3.64. The second-order valence-corrected chi connectivity index (χ2v) is 3.64. The SMILES string of the molecule is COCCCN(Cc1ccncc1)C(C)=O. The molecule has 0 bridgehead atoms. The number of carbonyl (C=O) groups is 1. The topological polar surface area (TPSA) is 42.4 Å². The lowest BCUT2D eigenvalue weighted by Crippen LogP contribution is -2.29. The molecule has 1 aromatic heterocycles. The molecule has 0 aliphatic heterocycles. The standard InChI is InChI=1S/C12H18N2O2/c1-11(15)14(8-3-9-16-2)10-12-4-6-13-7-5-12/h4-7H,3,8-10H2,1-2H3. The Kier molecular flexibility index (Phi) is 5.50. The Morgan fingerprint density at radius 2 is 2.12 bits per heavy atom. The van der Waals surface area contributed by atoms with Crippen molar-refractivity contribution in [2.24, 2.45) is 0 Å². The Morgan fingerprint density at radius 1 is 1.44 bits per heavy atom. The van der Waals surface area contributed by atoms with E-state index in [4.69, 9.17) is 4.74 Å². The molecule has 4 nitrogen and oxygen atoms in total. The van der Waals surface area contributed by atoms with Crippen LogP contribution < -0.4 is 0 Å². The van der Waals surface area contributed by atoms with Gasteiger partial charge in [-0.3, -0.25) is 9.78 Å². The van der Waals surface area contributed by atoms with E-state index >= 15 is 0 Å². The highest BCUT2D eigenvalue weighted by Crippen LogP contribution is 2.04. The molecule has 0 aliphatic rings. The molecule has 0 N–H and O–H groups in total. The largest absolute Gasteiger partial charge is 0.385 e. The maximum Gasteiger partial charge on any atom is 0.219 e. The molecule has 0 aliphatic carbocycles. The third kappa shape index (κ3) is 4.40. The molecular weight excluding hydrogens is 204 g/mol. The van der Waals surface area contributed by atoms with E-state index in [-0.39, 0.29) is 5.91 Å². The van der Waals surface area contributed by atoms with Crippen LogP contribution in [0.4, 0.5) is 0 Å². The van der Waals surface area contributed by atoms with Gasteiger partial charge in [-0.05, 0) is 24.1 Å². The number of aromatic nitrogens is 1. The molecule has 0 spiro atoms. The number of nitrogens with zero attached hydrogens (tertiary/aromatic N) is 2. The minimum Gasteiger partial charge on any atom is -0.385 e. The molecule has 88 valence electrons. The molecule has 0 aromatic carbocycles. The fraction of sp³-hybridized carbons (Fsp3) is 0.500. The Balaban J connectivity index is 2.48. The maximum atomic E-state index is 11.4. The Morgan fingerprint density at radius 3 is 2.69 bits per heavy atom. The summed E-state index contributed by atoms with van der Waals surface area (Å²) in [6.07, 6.45) is 4.34. The van der Waals surface area contributed by atoms with Crippen LogP contribution in [-0.2, 0) is 16.1 Å². The molecule has 1 rings (SSSR count). The highest BCUT2D eigenvalue weighted by Gasteiger charge is 2.08. The third-order valence-electron chi connectivity index (χ3n) is 2.34. The van der Waals surface area contributed by atoms with Gasteiger partial charge in [-0.1, -0.05) is 0 Å². The van der Waals surface area contributed by atoms with Crippen LogP contribution >= 0.6 is 0 Å². The van der Waals surface area contributed by atoms with E-state index in [1.165, 1.54) is 0 Å². The van der Waals surface area contributed by atoms with Gasteiger partial charge in [-0.15, -0.1) is 0 Å². The monoisotopic (exact) mass is 222 g/mol. The number of carbonyl (C=O) groups excluding carboxylic acids is 1. The van der Waals surface area contributed by atoms with Gasteiger partial charge in [0.1, 0.15) is 0 Å². The third-order valence-corrected chi connectivity index (χ3v) is 2.34. The Hall–Kier alpha value is -1.42. The van der Waals surface area contributed by atoms with Crippen molar-refractivity contribution in [2.75, 3.05) is 20.3 Å². The highest BCUT2D eigenvalue weighted by molar-refractivity contribution is 5.73. The van der Waals surface area contributed by atoms with Crippen molar-refractivity contribution >= 4 is 5.91 Å². The lowest BCUT2D eigenvalue weighted by molar-refractivity contribution is -0.129. The molecule has 0 unspecified atom stereocenters. The van der Waals surface area contributed by atoms with E-state index in [9.17, 15) is 4.79 Å². The van der Waals surface area contributed by atoms with Crippen molar-refractivity contribution in [3.8, 4) is 0 Å². The van der Waals surface area contributed by atoms with Crippen molar-refractivity contribution in [1.82, 2.24) is 9.88 Å². The summed E-state index contributed by atoms with van der Waals surface area (Å²) in [7, 11) is 1.67. The van der Waals surface area contributed by atoms with Crippen LogP contribution in [0.15, 0.2) is 24.5 Å². The number of hydrogen-bond acceptors (Lipinski definition) is 3. The first-order valence-electron chi connectivity index (χ1n) is 5.37. The van der Waals surface area contributed by atoms with Gasteiger partial charge in [0.2, 0.25) is 5.91 Å². The lowest BCUT2D eigenvalue weighted by atomic mass is 10.2. The van der Waals surface area contributed by atoms with Crippen LogP contribution in [0, 0.1) is 0 Å². The molecular formula is C12H18N2O2. The number of rotatable bonds is 6. The molecule has 1 aromatic rings. The van der Waals surface area contributed by atoms with Crippen LogP contribution in [0.1, 0.15) is 18.9 Å². The first kappa shape index (κ1) is 12.6. The fourth-order valence-electron chi connectivity index (χ4n) is 1.46. The molecule has 4 heteroatoms. The molecule has 0 saturated carbocycles. The predicted molar refractivity (Wildman–Crippen MR) is 61.8 cm³/mol. The molecule has 1 heterocycles. The summed E-state index contributed by atoms with van der Waals surface area (Å²) < 4.78 is 4.97. The smallest absolute Gasteiger partial charge is 0.219 e. The number of hydrogen-bond donors (Lipinski definition) is 0. The van der Waals surface area contributed by atoms with E-state index < -0.39 is 0 Å². The van der Waals surface area contributed by atoms with Gasteiger partial charge in [0, 0.05) is 46.1 Å². The van der Waals surface area contributed by atoms with E-state index in [2.05, 4.69) is 4.98 Å². The minimum atomic E-state index is 0.0907. The summed E-state index contributed by atoms with van der Waals surface area (Å²) in [6.45, 7) is 3.64. The average molecular weight is 222 g/mol. The molecule has 16 heavy (non-hydrogen) atoms. The average Bonchev–Trinajstić information content (AvgIpc) is 2.29. The second kappa shape index (κ2) is 6.95. The van der Waals surface area contributed by atoms with Crippen molar-refractivity contribution < 1.29 is 9.53 Å². The summed E-state index contributed by atoms with van der Waals surface area (Å²) >= 11 is 0. The van der Waals surface area contributed by atoms with Gasteiger partial charge in [-0.25, -0.2) is 0 Å². The highest BCUT2D eigenvalue weighted by atomic mass is 16.5. The quantitative estimate of drug-likeness (QED) is 0.684. The molecule has 0 saturated heterocycles. The number of ether oxygens (including phenoxy) is 1. The van der Waals surface area contributed by atoms with E-state index in [0.717, 1.165) is 18.5 Å². The number of amides is 1. The fourth-order valence-corrected chi connectivity index (χ4v) is 1.46. The Bertz CT molecular complexity index is 314. The molecule has 1 amide bonds. The van der Waals surface area contributed by atoms with Gasteiger partial charge in [0.15, 0.2) is 0 Å². The Labute approximate surface area is 96.2 Å². The summed E-state index contributed by atoms with van der Waals surface area (Å²) in [6, 6.07) is 3.85. The van der Waals surface area contributed by atoms with Crippen LogP contribution in [0.3, 0.4) is 0 Å². The van der Waals surface area contributed by atoms with E-state index in [1.54, 1.807) is 26.4 Å². The summed E-state index contributed by atoms with van der Waals surface area (Å²) in [5, 5.41) is 0. The summed E-state index contributed by atoms with van der Waals surface area (Å²) in [4.78, 5) is 17.2. The van der Waals surface area contributed by atoms with Crippen molar-refractivity contribution in [2.45, 2.75) is 19.9 Å². The van der Waals surface area contributed by atoms with Crippen LogP contribution in [-0.4, -0.2) is 36.1 Å². The summed E-state index contributed by atoms with van der Waals surface area (Å²) in [5.74, 6) is 0.0907. The zero-order chi connectivity index (χ0) is 11.8.